The third-order valence-electron chi connectivity index (χ3n) is 2.38. The van der Waals surface area contributed by atoms with Crippen LogP contribution < -0.4 is 20.1 Å². The zero-order valence-corrected chi connectivity index (χ0v) is 15.2. The van der Waals surface area contributed by atoms with Gasteiger partial charge < -0.3 is 46.6 Å². The summed E-state index contributed by atoms with van der Waals surface area (Å²) in [4.78, 5) is 28.6. The third-order valence-corrected chi connectivity index (χ3v) is 2.38. The number of hydrogen-bond acceptors (Lipinski definition) is 6. The van der Waals surface area contributed by atoms with Crippen molar-refractivity contribution in [3.63, 3.8) is 0 Å². The van der Waals surface area contributed by atoms with E-state index >= 15 is 0 Å². The Morgan fingerprint density at radius 1 is 0.923 bits per heavy atom. The van der Waals surface area contributed by atoms with E-state index in [1.54, 1.807) is 0 Å². The van der Waals surface area contributed by atoms with E-state index in [1.807, 2.05) is 38.6 Å². The Morgan fingerprint density at radius 2 is 1.31 bits per heavy atom. The predicted octanol–water partition coefficient (Wildman–Crippen LogP) is -3.51. The molecule has 0 saturated carbocycles. The number of pyridine rings is 2. The fourth-order valence-electron chi connectivity index (χ4n) is 1.34. The third kappa shape index (κ3) is 11.9. The minimum Gasteiger partial charge on any atom is -2.00 e. The molecule has 1 radical (unpaired) electrons. The van der Waals surface area contributed by atoms with Crippen LogP contribution in [0, 0.1) is 0 Å². The minimum absolute atomic E-state index is 0. The van der Waals surface area contributed by atoms with Gasteiger partial charge in [0.25, 0.3) is 0 Å². The summed E-state index contributed by atoms with van der Waals surface area (Å²) < 4.78 is 0. The van der Waals surface area contributed by atoms with Gasteiger partial charge in [-0.05, 0) is 12.1 Å². The molecular weight excluding hydrogens is 389 g/mol. The van der Waals surface area contributed by atoms with Gasteiger partial charge >= 0.3 is 0 Å². The molecule has 0 aliphatic rings. The van der Waals surface area contributed by atoms with Crippen molar-refractivity contribution in [2.45, 2.75) is 0 Å². The Hall–Kier alpha value is -2.54. The number of carboxylic acids is 2. The first kappa shape index (κ1) is 34.7. The zero-order valence-electron chi connectivity index (χ0n) is 13.8. The van der Waals surface area contributed by atoms with Crippen molar-refractivity contribution in [1.29, 1.82) is 0 Å². The largest absolute Gasteiger partial charge is 2.00 e. The Morgan fingerprint density at radius 3 is 1.58 bits per heavy atom. The minimum atomic E-state index is -1.52. The van der Waals surface area contributed by atoms with Gasteiger partial charge in [0.05, 0.1) is 23.3 Å². The molecule has 2 aromatic heterocycles. The molecule has 147 valence electrons. The zero-order chi connectivity index (χ0) is 15.8. The molecule has 5 N–H and O–H groups in total. The van der Waals surface area contributed by atoms with Crippen molar-refractivity contribution in [3.05, 3.63) is 54.1 Å². The van der Waals surface area contributed by atoms with Crippen LogP contribution in [0.4, 0.5) is 5.69 Å². The Kier molecular flexibility index (Phi) is 23.1. The maximum atomic E-state index is 10.2. The number of aromatic carboxylic acids is 2. The van der Waals surface area contributed by atoms with E-state index in [1.165, 1.54) is 11.8 Å². The van der Waals surface area contributed by atoms with Crippen molar-refractivity contribution in [3.8, 4) is 0 Å². The molecule has 2 heterocycles. The molecule has 0 aromatic carbocycles. The van der Waals surface area contributed by atoms with Crippen molar-refractivity contribution in [2.75, 3.05) is 19.0 Å². The van der Waals surface area contributed by atoms with E-state index in [9.17, 15) is 19.8 Å². The molecule has 0 unspecified atom stereocenters. The quantitative estimate of drug-likeness (QED) is 0.500. The van der Waals surface area contributed by atoms with Crippen LogP contribution in [0.15, 0.2) is 42.7 Å². The second kappa shape index (κ2) is 17.3. The van der Waals surface area contributed by atoms with Gasteiger partial charge in [-0.25, -0.2) is 9.97 Å². The molecule has 0 bridgehead atoms. The van der Waals surface area contributed by atoms with E-state index in [0.29, 0.717) is 0 Å². The fourth-order valence-corrected chi connectivity index (χ4v) is 1.34. The topological polar surface area (TPSA) is 231 Å². The van der Waals surface area contributed by atoms with Gasteiger partial charge in [-0.3, -0.25) is 0 Å². The molecule has 0 amide bonds. The number of nitrogens with one attached hydrogen (secondary N) is 1. The maximum absolute atomic E-state index is 10.2. The summed E-state index contributed by atoms with van der Waals surface area (Å²) in [6, 6.07) is 7.59. The van der Waals surface area contributed by atoms with Gasteiger partial charge in [0.1, 0.15) is 0 Å². The number of aromatic nitrogens is 2. The van der Waals surface area contributed by atoms with Crippen molar-refractivity contribution in [2.24, 2.45) is 0 Å². The van der Waals surface area contributed by atoms with Gasteiger partial charge in [0, 0.05) is 50.5 Å². The van der Waals surface area contributed by atoms with Crippen LogP contribution >= 0.6 is 0 Å². The molecule has 2 rings (SSSR count). The number of carbonyl (C=O) groups is 2. The number of carbonyl (C=O) groups excluding carboxylic acids is 2. The molecule has 0 atom stereocenters. The smallest absolute Gasteiger partial charge is 0.169 e. The first-order chi connectivity index (χ1) is 9.91. The van der Waals surface area contributed by atoms with Crippen LogP contribution in [0.5, 0.6) is 0 Å². The molecule has 2 aromatic rings. The van der Waals surface area contributed by atoms with E-state index in [2.05, 4.69) is 14.9 Å². The molecule has 0 spiro atoms. The van der Waals surface area contributed by atoms with E-state index in [-0.39, 0.29) is 40.5 Å². The van der Waals surface area contributed by atoms with Gasteiger partial charge in [0.2, 0.25) is 0 Å². The SMILES string of the molecule is CN(C)c1cc[nH+]cc1.O.O.O=C([O-])c1cccc(C(=O)[O-])n1.[O-2].[O-2].[V]. The normalized spacial score (nSPS) is 7.46. The molecule has 0 saturated heterocycles. The van der Waals surface area contributed by atoms with Crippen LogP contribution in [0.1, 0.15) is 21.0 Å². The van der Waals surface area contributed by atoms with E-state index in [0.717, 1.165) is 12.1 Å². The summed E-state index contributed by atoms with van der Waals surface area (Å²) in [6.45, 7) is 0. The molecule has 0 aliphatic heterocycles. The summed E-state index contributed by atoms with van der Waals surface area (Å²) in [7, 11) is 4.05. The van der Waals surface area contributed by atoms with Crippen LogP contribution in [0.25, 0.3) is 0 Å². The second-order valence-corrected chi connectivity index (χ2v) is 4.14. The first-order valence-corrected chi connectivity index (χ1v) is 5.95. The second-order valence-electron chi connectivity index (χ2n) is 4.14. The summed E-state index contributed by atoms with van der Waals surface area (Å²) in [5, 5.41) is 20.4. The van der Waals surface area contributed by atoms with Crippen LogP contribution in [0.2, 0.25) is 0 Å². The van der Waals surface area contributed by atoms with Crippen LogP contribution in [-0.2, 0) is 29.5 Å². The fraction of sp³-hybridized carbons (Fsp3) is 0.143. The number of hydrogen-bond donors (Lipinski definition) is 0. The van der Waals surface area contributed by atoms with Crippen molar-refractivity contribution in [1.82, 2.24) is 4.98 Å². The van der Waals surface area contributed by atoms with Gasteiger partial charge in [-0.15, -0.1) is 0 Å². The predicted molar refractivity (Wildman–Crippen MR) is 78.8 cm³/mol. The average molecular weight is 407 g/mol. The van der Waals surface area contributed by atoms with Gasteiger partial charge in [0.15, 0.2) is 12.4 Å². The summed E-state index contributed by atoms with van der Waals surface area (Å²) in [6.07, 6.45) is 3.82. The number of anilines is 1. The Bertz CT molecular complexity index is 599. The summed E-state index contributed by atoms with van der Waals surface area (Å²) >= 11 is 0. The number of aromatic amines is 1. The summed E-state index contributed by atoms with van der Waals surface area (Å²) in [5.74, 6) is -3.03. The van der Waals surface area contributed by atoms with Crippen molar-refractivity contribution < 1.29 is 65.2 Å². The molecule has 26 heavy (non-hydrogen) atoms. The van der Waals surface area contributed by atoms with Crippen LogP contribution in [-0.4, -0.2) is 42.0 Å². The van der Waals surface area contributed by atoms with Gasteiger partial charge in [-0.2, -0.15) is 0 Å². The molecule has 0 aliphatic carbocycles. The maximum Gasteiger partial charge on any atom is 0.169 e. The molecule has 12 heteroatoms. The van der Waals surface area contributed by atoms with Gasteiger partial charge in [-0.1, -0.05) is 6.07 Å². The van der Waals surface area contributed by atoms with Crippen molar-refractivity contribution >= 4 is 17.6 Å². The summed E-state index contributed by atoms with van der Waals surface area (Å²) in [5.41, 5.74) is 0.377. The molecule has 11 nitrogen and oxygen atoms in total. The number of carboxylic acid groups (broad SMARTS) is 2. The Labute approximate surface area is 161 Å². The molecular formula is C14H18N3O8V-5. The Balaban J connectivity index is -0.0000000971. The van der Waals surface area contributed by atoms with Crippen LogP contribution in [0.3, 0.4) is 0 Å². The average Bonchev–Trinajstić information content (AvgIpc) is 2.49. The molecule has 0 fully saturated rings. The van der Waals surface area contributed by atoms with E-state index in [4.69, 9.17) is 0 Å². The monoisotopic (exact) mass is 407 g/mol. The van der Waals surface area contributed by atoms with E-state index < -0.39 is 23.3 Å². The first-order valence-electron chi connectivity index (χ1n) is 5.95. The standard InChI is InChI=1S/C7H10N2.C7H5NO4.2H2O.2O.V/c1-9(2)7-3-5-8-6-4-7;9-6(10)4-2-1-3-5(8-4)7(11)12;;;;;/h3-6H,1-2H3;1-3H,(H,9,10)(H,11,12);2*1H2;;;/q;;;;2*-2;/p-1. The number of H-pyrrole nitrogens is 1. The number of nitrogens with zero attached hydrogens (tertiary/aromatic N) is 2. The number of rotatable bonds is 3.